The van der Waals surface area contributed by atoms with E-state index in [1.807, 2.05) is 19.0 Å². The topological polar surface area (TPSA) is 52.7 Å². The molecule has 1 fully saturated rings. The molecule has 1 saturated carbocycles. The minimum Gasteiger partial charge on any atom is -0.314 e. The summed E-state index contributed by atoms with van der Waals surface area (Å²) in [6.07, 6.45) is 4.25. The Morgan fingerprint density at radius 2 is 1.78 bits per heavy atom. The standard InChI is InChI=1S/C12H27N3O2S/c1-14(2)9-10-15(3)18(16,17)11-5-4-8-13-12-6-7-12/h12-13H,4-11H2,1-3H3. The third kappa shape index (κ3) is 6.68. The van der Waals surface area contributed by atoms with Crippen molar-refractivity contribution >= 4 is 10.0 Å². The van der Waals surface area contributed by atoms with Gasteiger partial charge in [-0.15, -0.1) is 0 Å². The van der Waals surface area contributed by atoms with Crippen LogP contribution in [0.5, 0.6) is 0 Å². The van der Waals surface area contributed by atoms with E-state index < -0.39 is 10.0 Å². The van der Waals surface area contributed by atoms with E-state index in [9.17, 15) is 8.42 Å². The monoisotopic (exact) mass is 277 g/mol. The second kappa shape index (κ2) is 7.43. The zero-order chi connectivity index (χ0) is 13.6. The quantitative estimate of drug-likeness (QED) is 0.585. The fourth-order valence-electron chi connectivity index (χ4n) is 1.64. The van der Waals surface area contributed by atoms with Gasteiger partial charge < -0.3 is 10.2 Å². The maximum absolute atomic E-state index is 11.9. The summed E-state index contributed by atoms with van der Waals surface area (Å²) in [6, 6.07) is 0.712. The summed E-state index contributed by atoms with van der Waals surface area (Å²) in [4.78, 5) is 1.99. The molecule has 18 heavy (non-hydrogen) atoms. The van der Waals surface area contributed by atoms with Gasteiger partial charge in [0.15, 0.2) is 0 Å². The molecular formula is C12H27N3O2S. The molecular weight excluding hydrogens is 250 g/mol. The Labute approximate surface area is 112 Å². The highest BCUT2D eigenvalue weighted by atomic mass is 32.2. The third-order valence-corrected chi connectivity index (χ3v) is 5.11. The number of likely N-dealkylation sites (N-methyl/N-ethyl adjacent to an activating group) is 2. The molecule has 0 aromatic rings. The van der Waals surface area contributed by atoms with E-state index in [1.54, 1.807) is 7.05 Å². The number of hydrogen-bond donors (Lipinski definition) is 1. The summed E-state index contributed by atoms with van der Waals surface area (Å²) >= 11 is 0. The number of nitrogens with one attached hydrogen (secondary N) is 1. The number of hydrogen-bond acceptors (Lipinski definition) is 4. The summed E-state index contributed by atoms with van der Waals surface area (Å²) in [7, 11) is 2.50. The van der Waals surface area contributed by atoms with Gasteiger partial charge in [0.25, 0.3) is 0 Å². The minimum atomic E-state index is -3.06. The lowest BCUT2D eigenvalue weighted by molar-refractivity contribution is 0.358. The van der Waals surface area contributed by atoms with Crippen molar-refractivity contribution in [2.24, 2.45) is 0 Å². The normalized spacial score (nSPS) is 16.7. The average molecular weight is 277 g/mol. The summed E-state index contributed by atoms with van der Waals surface area (Å²) < 4.78 is 25.4. The third-order valence-electron chi connectivity index (χ3n) is 3.18. The van der Waals surface area contributed by atoms with Crippen LogP contribution in [-0.2, 0) is 10.0 Å². The predicted octanol–water partition coefficient (Wildman–Crippen LogP) is 0.342. The average Bonchev–Trinajstić information content (AvgIpc) is 3.09. The Bertz CT molecular complexity index is 326. The van der Waals surface area contributed by atoms with Crippen LogP contribution in [0.3, 0.4) is 0 Å². The molecule has 0 spiro atoms. The van der Waals surface area contributed by atoms with Gasteiger partial charge in [-0.25, -0.2) is 12.7 Å². The summed E-state index contributed by atoms with van der Waals surface area (Å²) in [5.74, 6) is 0.267. The molecule has 6 heteroatoms. The Hall–Kier alpha value is -0.170. The van der Waals surface area contributed by atoms with Crippen LogP contribution in [0.4, 0.5) is 0 Å². The highest BCUT2D eigenvalue weighted by Gasteiger charge is 2.20. The largest absolute Gasteiger partial charge is 0.314 e. The van der Waals surface area contributed by atoms with E-state index in [0.717, 1.165) is 25.9 Å². The summed E-state index contributed by atoms with van der Waals surface area (Å²) in [5, 5.41) is 3.40. The van der Waals surface area contributed by atoms with E-state index in [-0.39, 0.29) is 5.75 Å². The first kappa shape index (κ1) is 15.9. The smallest absolute Gasteiger partial charge is 0.213 e. The second-order valence-electron chi connectivity index (χ2n) is 5.38. The lowest BCUT2D eigenvalue weighted by Crippen LogP contribution is -2.35. The molecule has 1 aliphatic carbocycles. The molecule has 5 nitrogen and oxygen atoms in total. The lowest BCUT2D eigenvalue weighted by Gasteiger charge is -2.19. The van der Waals surface area contributed by atoms with Crippen molar-refractivity contribution in [3.8, 4) is 0 Å². The Balaban J connectivity index is 2.12. The van der Waals surface area contributed by atoms with E-state index in [1.165, 1.54) is 17.1 Å². The van der Waals surface area contributed by atoms with E-state index in [2.05, 4.69) is 5.32 Å². The van der Waals surface area contributed by atoms with Crippen LogP contribution in [0, 0.1) is 0 Å². The van der Waals surface area contributed by atoms with Gasteiger partial charge in [0.05, 0.1) is 5.75 Å². The summed E-state index contributed by atoms with van der Waals surface area (Å²) in [5.41, 5.74) is 0. The van der Waals surface area contributed by atoms with Crippen molar-refractivity contribution < 1.29 is 8.42 Å². The SMILES string of the molecule is CN(C)CCN(C)S(=O)(=O)CCCCNC1CC1. The van der Waals surface area contributed by atoms with Crippen molar-refractivity contribution in [1.29, 1.82) is 0 Å². The first-order valence-corrected chi connectivity index (χ1v) is 8.35. The number of sulfonamides is 1. The van der Waals surface area contributed by atoms with Gasteiger partial charge in [0.1, 0.15) is 0 Å². The fourth-order valence-corrected chi connectivity index (χ4v) is 2.88. The molecule has 0 aromatic heterocycles. The van der Waals surface area contributed by atoms with Crippen molar-refractivity contribution in [2.75, 3.05) is 46.5 Å². The van der Waals surface area contributed by atoms with Gasteiger partial charge in [-0.2, -0.15) is 0 Å². The van der Waals surface area contributed by atoms with Crippen LogP contribution < -0.4 is 5.32 Å². The Morgan fingerprint density at radius 1 is 1.11 bits per heavy atom. The second-order valence-corrected chi connectivity index (χ2v) is 7.57. The maximum Gasteiger partial charge on any atom is 0.213 e. The van der Waals surface area contributed by atoms with E-state index in [0.29, 0.717) is 12.6 Å². The molecule has 0 unspecified atom stereocenters. The molecule has 0 saturated heterocycles. The lowest BCUT2D eigenvalue weighted by atomic mass is 10.3. The molecule has 0 aromatic carbocycles. The highest BCUT2D eigenvalue weighted by Crippen LogP contribution is 2.18. The number of unbranched alkanes of at least 4 members (excludes halogenated alkanes) is 1. The maximum atomic E-state index is 11.9. The van der Waals surface area contributed by atoms with E-state index in [4.69, 9.17) is 0 Å². The highest BCUT2D eigenvalue weighted by molar-refractivity contribution is 7.89. The van der Waals surface area contributed by atoms with Gasteiger partial charge in [0.2, 0.25) is 10.0 Å². The molecule has 108 valence electrons. The molecule has 0 bridgehead atoms. The van der Waals surface area contributed by atoms with Crippen LogP contribution in [0.25, 0.3) is 0 Å². The van der Waals surface area contributed by atoms with Gasteiger partial charge >= 0.3 is 0 Å². The number of rotatable bonds is 10. The van der Waals surface area contributed by atoms with Gasteiger partial charge in [-0.05, 0) is 46.3 Å². The molecule has 0 radical (unpaired) electrons. The molecule has 1 rings (SSSR count). The van der Waals surface area contributed by atoms with Gasteiger partial charge in [-0.3, -0.25) is 0 Å². The Morgan fingerprint density at radius 3 is 2.33 bits per heavy atom. The fraction of sp³-hybridized carbons (Fsp3) is 1.00. The summed E-state index contributed by atoms with van der Waals surface area (Å²) in [6.45, 7) is 2.27. The van der Waals surface area contributed by atoms with Crippen LogP contribution in [0.1, 0.15) is 25.7 Å². The van der Waals surface area contributed by atoms with Gasteiger partial charge in [-0.1, -0.05) is 0 Å². The minimum absolute atomic E-state index is 0.267. The zero-order valence-corrected chi connectivity index (χ0v) is 12.7. The van der Waals surface area contributed by atoms with Crippen LogP contribution in [0.15, 0.2) is 0 Å². The van der Waals surface area contributed by atoms with Gasteiger partial charge in [0, 0.05) is 26.2 Å². The molecule has 0 heterocycles. The zero-order valence-electron chi connectivity index (χ0n) is 11.9. The Kier molecular flexibility index (Phi) is 6.55. The van der Waals surface area contributed by atoms with Crippen LogP contribution >= 0.6 is 0 Å². The molecule has 1 N–H and O–H groups in total. The van der Waals surface area contributed by atoms with Crippen LogP contribution in [-0.4, -0.2) is 70.2 Å². The molecule has 1 aliphatic rings. The number of nitrogens with zero attached hydrogens (tertiary/aromatic N) is 2. The van der Waals surface area contributed by atoms with Crippen molar-refractivity contribution in [2.45, 2.75) is 31.7 Å². The first-order valence-electron chi connectivity index (χ1n) is 6.74. The first-order chi connectivity index (χ1) is 8.42. The van der Waals surface area contributed by atoms with Crippen molar-refractivity contribution in [3.05, 3.63) is 0 Å². The van der Waals surface area contributed by atoms with Crippen molar-refractivity contribution in [3.63, 3.8) is 0 Å². The molecule has 0 aliphatic heterocycles. The van der Waals surface area contributed by atoms with Crippen molar-refractivity contribution in [1.82, 2.24) is 14.5 Å². The van der Waals surface area contributed by atoms with Crippen LogP contribution in [0.2, 0.25) is 0 Å². The molecule has 0 amide bonds. The molecule has 0 atom stereocenters. The predicted molar refractivity (Wildman–Crippen MR) is 75.2 cm³/mol. The van der Waals surface area contributed by atoms with E-state index >= 15 is 0 Å².